The zero-order chi connectivity index (χ0) is 14.3. The monoisotopic (exact) mass is 295 g/mol. The lowest BCUT2D eigenvalue weighted by Gasteiger charge is -2.29. The van der Waals surface area contributed by atoms with Gasteiger partial charge in [-0.1, -0.05) is 25.3 Å². The van der Waals surface area contributed by atoms with Gasteiger partial charge in [0.25, 0.3) is 0 Å². The Balaban J connectivity index is 1.96. The van der Waals surface area contributed by atoms with Gasteiger partial charge < -0.3 is 14.1 Å². The van der Waals surface area contributed by atoms with Gasteiger partial charge in [-0.2, -0.15) is 0 Å². The van der Waals surface area contributed by atoms with Gasteiger partial charge in [-0.25, -0.2) is 0 Å². The minimum atomic E-state index is -1.45. The minimum absolute atomic E-state index is 0.715. The van der Waals surface area contributed by atoms with Gasteiger partial charge in [0, 0.05) is 20.2 Å². The van der Waals surface area contributed by atoms with E-state index in [1.165, 1.54) is 44.2 Å². The molecule has 1 atom stereocenters. The van der Waals surface area contributed by atoms with E-state index in [-0.39, 0.29) is 0 Å². The smallest absolute Gasteiger partial charge is 0.189 e. The maximum absolute atomic E-state index is 5.90. The summed E-state index contributed by atoms with van der Waals surface area (Å²) in [5.74, 6) is 1.06. The van der Waals surface area contributed by atoms with Crippen LogP contribution in [0, 0.1) is 0 Å². The highest BCUT2D eigenvalue weighted by molar-refractivity contribution is 6.72. The molecule has 2 heterocycles. The summed E-state index contributed by atoms with van der Waals surface area (Å²) in [5, 5.41) is 0. The normalized spacial score (nSPS) is 29.3. The van der Waals surface area contributed by atoms with Crippen LogP contribution < -0.4 is 0 Å². The fraction of sp³-hybridized carbons (Fsp3) is 0.750. The van der Waals surface area contributed by atoms with Crippen molar-refractivity contribution in [2.75, 3.05) is 26.8 Å². The summed E-state index contributed by atoms with van der Waals surface area (Å²) < 4.78 is 11.7. The third-order valence-corrected chi connectivity index (χ3v) is 8.33. The molecule has 2 rings (SSSR count). The Labute approximate surface area is 124 Å². The van der Waals surface area contributed by atoms with E-state index < -0.39 is 8.32 Å². The van der Waals surface area contributed by atoms with E-state index in [0.717, 1.165) is 19.0 Å². The van der Waals surface area contributed by atoms with Crippen molar-refractivity contribution in [3.8, 4) is 0 Å². The Bertz CT molecular complexity index is 356. The first-order valence-corrected chi connectivity index (χ1v) is 10.9. The largest absolute Gasteiger partial charge is 0.475 e. The number of hydrogen-bond donors (Lipinski definition) is 0. The van der Waals surface area contributed by atoms with Gasteiger partial charge in [-0.05, 0) is 43.6 Å². The first-order valence-electron chi connectivity index (χ1n) is 8.03. The van der Waals surface area contributed by atoms with E-state index in [9.17, 15) is 0 Å². The molecule has 1 saturated heterocycles. The summed E-state index contributed by atoms with van der Waals surface area (Å²) in [7, 11) is 0.468. The maximum atomic E-state index is 5.90. The molecule has 0 aromatic rings. The topological polar surface area (TPSA) is 21.7 Å². The first-order chi connectivity index (χ1) is 9.73. The zero-order valence-electron chi connectivity index (χ0n) is 13.1. The van der Waals surface area contributed by atoms with E-state index >= 15 is 0 Å². The van der Waals surface area contributed by atoms with Gasteiger partial charge in [0.05, 0.1) is 0 Å². The van der Waals surface area contributed by atoms with E-state index in [4.69, 9.17) is 9.16 Å². The lowest BCUT2D eigenvalue weighted by atomic mass is 10.2. The molecule has 1 unspecified atom stereocenters. The molecular weight excluding hydrogens is 266 g/mol. The molecule has 0 amide bonds. The Kier molecular flexibility index (Phi) is 6.17. The molecule has 4 heteroatoms. The van der Waals surface area contributed by atoms with Gasteiger partial charge in [-0.15, -0.1) is 0 Å². The summed E-state index contributed by atoms with van der Waals surface area (Å²) in [6.07, 6.45) is 12.8. The van der Waals surface area contributed by atoms with Crippen LogP contribution in [0.3, 0.4) is 0 Å². The van der Waals surface area contributed by atoms with Crippen molar-refractivity contribution >= 4 is 8.32 Å². The molecule has 1 fully saturated rings. The molecule has 0 aromatic heterocycles. The lowest BCUT2D eigenvalue weighted by molar-refractivity contribution is 0.125. The van der Waals surface area contributed by atoms with Crippen LogP contribution in [0.15, 0.2) is 24.1 Å². The highest BCUT2D eigenvalue weighted by Gasteiger charge is 2.27. The minimum Gasteiger partial charge on any atom is -0.475 e. The summed E-state index contributed by atoms with van der Waals surface area (Å²) in [4.78, 5) is 2.43. The molecule has 2 aliphatic heterocycles. The van der Waals surface area contributed by atoms with Crippen molar-refractivity contribution in [3.63, 3.8) is 0 Å². The summed E-state index contributed by atoms with van der Waals surface area (Å²) in [5.41, 5.74) is 0. The predicted octanol–water partition coefficient (Wildman–Crippen LogP) is 3.90. The van der Waals surface area contributed by atoms with Crippen LogP contribution in [0.5, 0.6) is 0 Å². The molecular formula is C16H29NO2Si. The van der Waals surface area contributed by atoms with Gasteiger partial charge in [0.2, 0.25) is 0 Å². The average Bonchev–Trinajstić information content (AvgIpc) is 2.53. The number of ether oxygens (including phenoxy) is 1. The molecule has 0 radical (unpaired) electrons. The van der Waals surface area contributed by atoms with Crippen molar-refractivity contribution in [2.45, 2.75) is 50.7 Å². The fourth-order valence-corrected chi connectivity index (χ4v) is 5.61. The highest BCUT2D eigenvalue weighted by atomic mass is 28.4. The molecule has 0 aromatic carbocycles. The highest BCUT2D eigenvalue weighted by Crippen LogP contribution is 2.24. The molecule has 0 bridgehead atoms. The SMILES string of the molecule is CO[Si]1(C)CCCCCCN(C2=CC=CCO2)CCC1. The quantitative estimate of drug-likeness (QED) is 0.721. The molecule has 20 heavy (non-hydrogen) atoms. The van der Waals surface area contributed by atoms with Gasteiger partial charge in [0.15, 0.2) is 14.2 Å². The summed E-state index contributed by atoms with van der Waals surface area (Å²) in [6.45, 7) is 5.35. The third kappa shape index (κ3) is 4.67. The maximum Gasteiger partial charge on any atom is 0.189 e. The molecule has 0 spiro atoms. The second-order valence-corrected chi connectivity index (χ2v) is 10.5. The van der Waals surface area contributed by atoms with Crippen LogP contribution in [0.2, 0.25) is 18.6 Å². The second-order valence-electron chi connectivity index (χ2n) is 6.15. The second kappa shape index (κ2) is 7.89. The lowest BCUT2D eigenvalue weighted by Crippen LogP contribution is -2.34. The van der Waals surface area contributed by atoms with Crippen molar-refractivity contribution < 1.29 is 9.16 Å². The number of allylic oxidation sites excluding steroid dienone is 2. The molecule has 114 valence electrons. The fourth-order valence-electron chi connectivity index (χ4n) is 3.04. The molecule has 0 saturated carbocycles. The van der Waals surface area contributed by atoms with Crippen LogP contribution >= 0.6 is 0 Å². The van der Waals surface area contributed by atoms with Crippen LogP contribution in [0.25, 0.3) is 0 Å². The van der Waals surface area contributed by atoms with E-state index in [1.54, 1.807) is 0 Å². The molecule has 0 N–H and O–H groups in total. The summed E-state index contributed by atoms with van der Waals surface area (Å²) in [6, 6.07) is 2.59. The summed E-state index contributed by atoms with van der Waals surface area (Å²) >= 11 is 0. The van der Waals surface area contributed by atoms with E-state index in [2.05, 4.69) is 29.7 Å². The zero-order valence-corrected chi connectivity index (χ0v) is 14.1. The van der Waals surface area contributed by atoms with Gasteiger partial charge >= 0.3 is 0 Å². The Morgan fingerprint density at radius 2 is 1.85 bits per heavy atom. The standard InChI is InChI=1S/C16H29NO2Si/c1-18-20(2)14-8-4-3-6-11-17(12-9-15-20)16-10-5-7-13-19-16/h5,7,10H,3-4,6,8-9,11-15H2,1-2H3. The predicted molar refractivity (Wildman–Crippen MR) is 86.1 cm³/mol. The average molecular weight is 295 g/mol. The first kappa shape index (κ1) is 15.6. The third-order valence-electron chi connectivity index (χ3n) is 4.52. The Hall–Kier alpha value is -0.743. The number of nitrogens with zero attached hydrogens (tertiary/aromatic N) is 1. The van der Waals surface area contributed by atoms with Gasteiger partial charge in [0.1, 0.15) is 6.61 Å². The van der Waals surface area contributed by atoms with Crippen molar-refractivity contribution in [1.82, 2.24) is 4.90 Å². The van der Waals surface area contributed by atoms with E-state index in [0.29, 0.717) is 6.61 Å². The molecule has 0 aliphatic carbocycles. The van der Waals surface area contributed by atoms with E-state index in [1.807, 2.05) is 7.11 Å². The van der Waals surface area contributed by atoms with Crippen LogP contribution in [-0.4, -0.2) is 40.0 Å². The van der Waals surface area contributed by atoms with Crippen LogP contribution in [-0.2, 0) is 9.16 Å². The van der Waals surface area contributed by atoms with Crippen LogP contribution in [0.4, 0.5) is 0 Å². The number of hydrogen-bond acceptors (Lipinski definition) is 3. The van der Waals surface area contributed by atoms with Crippen LogP contribution in [0.1, 0.15) is 32.1 Å². The Morgan fingerprint density at radius 1 is 1.10 bits per heavy atom. The Morgan fingerprint density at radius 3 is 2.60 bits per heavy atom. The van der Waals surface area contributed by atoms with Crippen molar-refractivity contribution in [1.29, 1.82) is 0 Å². The van der Waals surface area contributed by atoms with Gasteiger partial charge in [-0.3, -0.25) is 0 Å². The van der Waals surface area contributed by atoms with Crippen molar-refractivity contribution in [3.05, 3.63) is 24.1 Å². The van der Waals surface area contributed by atoms with Crippen molar-refractivity contribution in [2.24, 2.45) is 0 Å². The number of rotatable bonds is 2. The molecule has 2 aliphatic rings. The molecule has 3 nitrogen and oxygen atoms in total.